The van der Waals surface area contributed by atoms with Gasteiger partial charge in [-0.15, -0.1) is 10.2 Å². The van der Waals surface area contributed by atoms with Gasteiger partial charge in [-0.3, -0.25) is 4.79 Å². The Hall–Kier alpha value is -2.35. The molecule has 1 saturated carbocycles. The van der Waals surface area contributed by atoms with E-state index in [0.717, 1.165) is 29.9 Å². The van der Waals surface area contributed by atoms with Gasteiger partial charge < -0.3 is 14.6 Å². The summed E-state index contributed by atoms with van der Waals surface area (Å²) in [6, 6.07) is 6.69. The van der Waals surface area contributed by atoms with Crippen LogP contribution in [0, 0.1) is 5.92 Å². The van der Waals surface area contributed by atoms with Gasteiger partial charge in [-0.1, -0.05) is 43.9 Å². The maximum Gasteiger partial charge on any atom is 0.338 e. The molecule has 0 spiro atoms. The summed E-state index contributed by atoms with van der Waals surface area (Å²) in [5, 5.41) is 12.4. The third-order valence-corrected chi connectivity index (χ3v) is 6.59. The van der Waals surface area contributed by atoms with E-state index in [4.69, 9.17) is 4.74 Å². The average molecular weight is 445 g/mol. The summed E-state index contributed by atoms with van der Waals surface area (Å²) >= 11 is 1.40. The minimum Gasteiger partial charge on any atom is -0.462 e. The molecular formula is C23H32N4O3S. The molecule has 2 aromatic rings. The molecule has 1 aliphatic carbocycles. The molecule has 0 unspecified atom stereocenters. The van der Waals surface area contributed by atoms with Gasteiger partial charge in [-0.05, 0) is 50.5 Å². The number of carbonyl (C=O) groups is 2. The molecule has 1 aromatic heterocycles. The molecule has 8 heteroatoms. The van der Waals surface area contributed by atoms with Crippen LogP contribution in [0.15, 0.2) is 29.4 Å². The number of aryl methyl sites for hydroxylation is 1. The van der Waals surface area contributed by atoms with Gasteiger partial charge in [-0.2, -0.15) is 0 Å². The van der Waals surface area contributed by atoms with Crippen molar-refractivity contribution in [3.8, 4) is 0 Å². The molecule has 1 N–H and O–H groups in total. The molecule has 1 heterocycles. The molecule has 1 fully saturated rings. The van der Waals surface area contributed by atoms with Crippen LogP contribution in [0.3, 0.4) is 0 Å². The standard InChI is InChI=1S/C23H32N4O3S/c1-3-27-20(15-10-17-8-6-5-7-9-17)25-26-23(27)31-16-21(28)24-19-13-11-18(12-14-19)22(29)30-4-2/h11-14,17H,3-10,15-16H2,1-2H3,(H,24,28). The van der Waals surface area contributed by atoms with Crippen molar-refractivity contribution in [1.29, 1.82) is 0 Å². The summed E-state index contributed by atoms with van der Waals surface area (Å²) in [5.74, 6) is 1.59. The van der Waals surface area contributed by atoms with Crippen molar-refractivity contribution < 1.29 is 14.3 Å². The number of hydrogen-bond donors (Lipinski definition) is 1. The highest BCUT2D eigenvalue weighted by molar-refractivity contribution is 7.99. The van der Waals surface area contributed by atoms with Crippen LogP contribution in [0.25, 0.3) is 0 Å². The number of rotatable bonds is 10. The second-order valence-corrected chi connectivity index (χ2v) is 8.76. The highest BCUT2D eigenvalue weighted by Gasteiger charge is 2.17. The Bertz CT molecular complexity index is 860. The van der Waals surface area contributed by atoms with Crippen LogP contribution in [0.1, 0.15) is 68.6 Å². The fourth-order valence-electron chi connectivity index (χ4n) is 3.97. The second-order valence-electron chi connectivity index (χ2n) is 7.82. The third-order valence-electron chi connectivity index (χ3n) is 5.62. The number of thioether (sulfide) groups is 1. The third kappa shape index (κ3) is 6.82. The summed E-state index contributed by atoms with van der Waals surface area (Å²) in [4.78, 5) is 24.1. The Balaban J connectivity index is 1.49. The Morgan fingerprint density at radius 2 is 1.87 bits per heavy atom. The van der Waals surface area contributed by atoms with Crippen molar-refractivity contribution in [3.63, 3.8) is 0 Å². The van der Waals surface area contributed by atoms with Gasteiger partial charge in [0.2, 0.25) is 5.91 Å². The molecule has 0 aliphatic heterocycles. The van der Waals surface area contributed by atoms with Crippen molar-refractivity contribution in [1.82, 2.24) is 14.8 Å². The first-order valence-corrected chi connectivity index (χ1v) is 12.2. The topological polar surface area (TPSA) is 86.1 Å². The first-order chi connectivity index (χ1) is 15.1. The predicted molar refractivity (Wildman–Crippen MR) is 122 cm³/mol. The van der Waals surface area contributed by atoms with Crippen molar-refractivity contribution in [2.75, 3.05) is 17.7 Å². The highest BCUT2D eigenvalue weighted by atomic mass is 32.2. The van der Waals surface area contributed by atoms with E-state index < -0.39 is 0 Å². The number of carbonyl (C=O) groups excluding carboxylic acids is 2. The van der Waals surface area contributed by atoms with E-state index in [-0.39, 0.29) is 17.6 Å². The number of nitrogens with zero attached hydrogens (tertiary/aromatic N) is 3. The van der Waals surface area contributed by atoms with E-state index in [1.807, 2.05) is 0 Å². The quantitative estimate of drug-likeness (QED) is 0.422. The van der Waals surface area contributed by atoms with Gasteiger partial charge in [-0.25, -0.2) is 4.79 Å². The second kappa shape index (κ2) is 11.9. The Kier molecular flexibility index (Phi) is 8.94. The maximum atomic E-state index is 12.4. The smallest absolute Gasteiger partial charge is 0.338 e. The van der Waals surface area contributed by atoms with Gasteiger partial charge >= 0.3 is 5.97 Å². The largest absolute Gasteiger partial charge is 0.462 e. The van der Waals surface area contributed by atoms with Crippen LogP contribution in [-0.2, 0) is 22.5 Å². The number of ether oxygens (including phenoxy) is 1. The van der Waals surface area contributed by atoms with Gasteiger partial charge in [0.25, 0.3) is 0 Å². The summed E-state index contributed by atoms with van der Waals surface area (Å²) in [6.45, 7) is 4.98. The Labute approximate surface area is 188 Å². The number of amides is 1. The lowest BCUT2D eigenvalue weighted by Gasteiger charge is -2.21. The number of aromatic nitrogens is 3. The van der Waals surface area contributed by atoms with Crippen molar-refractivity contribution in [2.45, 2.75) is 70.5 Å². The van der Waals surface area contributed by atoms with Crippen molar-refractivity contribution in [2.24, 2.45) is 5.92 Å². The van der Waals surface area contributed by atoms with E-state index in [2.05, 4.69) is 27.0 Å². The molecule has 1 aliphatic rings. The summed E-state index contributed by atoms with van der Waals surface area (Å²) in [5.41, 5.74) is 1.11. The molecule has 1 aromatic carbocycles. The molecule has 0 bridgehead atoms. The normalized spacial score (nSPS) is 14.4. The molecule has 168 valence electrons. The Morgan fingerprint density at radius 1 is 1.13 bits per heavy atom. The lowest BCUT2D eigenvalue weighted by molar-refractivity contribution is -0.113. The van der Waals surface area contributed by atoms with Crippen LogP contribution < -0.4 is 5.32 Å². The molecule has 0 radical (unpaired) electrons. The lowest BCUT2D eigenvalue weighted by atomic mass is 9.86. The summed E-state index contributed by atoms with van der Waals surface area (Å²) in [6.07, 6.45) is 8.88. The number of anilines is 1. The summed E-state index contributed by atoms with van der Waals surface area (Å²) < 4.78 is 7.09. The molecule has 3 rings (SSSR count). The van der Waals surface area contributed by atoms with Crippen LogP contribution >= 0.6 is 11.8 Å². The van der Waals surface area contributed by atoms with Crippen molar-refractivity contribution in [3.05, 3.63) is 35.7 Å². The summed E-state index contributed by atoms with van der Waals surface area (Å²) in [7, 11) is 0. The molecule has 7 nitrogen and oxygen atoms in total. The molecular weight excluding hydrogens is 412 g/mol. The van der Waals surface area contributed by atoms with Gasteiger partial charge in [0, 0.05) is 18.7 Å². The van der Waals surface area contributed by atoms with E-state index in [1.165, 1.54) is 50.3 Å². The minimum atomic E-state index is -0.367. The average Bonchev–Trinajstić information content (AvgIpc) is 3.19. The van der Waals surface area contributed by atoms with Crippen LogP contribution in [0.5, 0.6) is 0 Å². The molecule has 0 saturated heterocycles. The fraction of sp³-hybridized carbons (Fsp3) is 0.565. The number of hydrogen-bond acceptors (Lipinski definition) is 6. The van der Waals surface area contributed by atoms with Crippen LogP contribution in [0.2, 0.25) is 0 Å². The van der Waals surface area contributed by atoms with Gasteiger partial charge in [0.15, 0.2) is 5.16 Å². The van der Waals surface area contributed by atoms with E-state index in [0.29, 0.717) is 17.9 Å². The molecule has 0 atom stereocenters. The maximum absolute atomic E-state index is 12.4. The zero-order valence-electron chi connectivity index (χ0n) is 18.4. The van der Waals surface area contributed by atoms with Gasteiger partial charge in [0.1, 0.15) is 5.82 Å². The number of esters is 1. The van der Waals surface area contributed by atoms with Gasteiger partial charge in [0.05, 0.1) is 17.9 Å². The molecule has 31 heavy (non-hydrogen) atoms. The predicted octanol–water partition coefficient (Wildman–Crippen LogP) is 4.72. The number of benzene rings is 1. The first-order valence-electron chi connectivity index (χ1n) is 11.2. The van der Waals surface area contributed by atoms with E-state index in [1.54, 1.807) is 31.2 Å². The number of nitrogens with one attached hydrogen (secondary N) is 1. The zero-order chi connectivity index (χ0) is 22.1. The fourth-order valence-corrected chi connectivity index (χ4v) is 4.79. The van der Waals surface area contributed by atoms with E-state index in [9.17, 15) is 9.59 Å². The minimum absolute atomic E-state index is 0.122. The van der Waals surface area contributed by atoms with Crippen LogP contribution in [-0.4, -0.2) is 39.0 Å². The Morgan fingerprint density at radius 3 is 2.55 bits per heavy atom. The highest BCUT2D eigenvalue weighted by Crippen LogP contribution is 2.28. The molecule has 1 amide bonds. The first kappa shape index (κ1) is 23.3. The zero-order valence-corrected chi connectivity index (χ0v) is 19.2. The lowest BCUT2D eigenvalue weighted by Crippen LogP contribution is -2.15. The van der Waals surface area contributed by atoms with Crippen LogP contribution in [0.4, 0.5) is 5.69 Å². The monoisotopic (exact) mass is 444 g/mol. The van der Waals surface area contributed by atoms with E-state index >= 15 is 0 Å². The SMILES string of the molecule is CCOC(=O)c1ccc(NC(=O)CSc2nnc(CCC3CCCCC3)n2CC)cc1. The van der Waals surface area contributed by atoms with Crippen molar-refractivity contribution >= 4 is 29.3 Å².